The van der Waals surface area contributed by atoms with Crippen LogP contribution < -0.4 is 9.47 Å². The zero-order valence-electron chi connectivity index (χ0n) is 22.8. The third-order valence-electron chi connectivity index (χ3n) is 6.56. The van der Waals surface area contributed by atoms with Gasteiger partial charge in [-0.25, -0.2) is 12.4 Å². The molecular formula is C29H28N4O6S2. The molecule has 0 radical (unpaired) electrons. The standard InChI is InChI=1S/C29H28N4O6S2/c1-5-26(28(34)39-4)40-29-31-30-27(33(29)24-17-19(37-2)15-16-25(24)38-3)22-18-32(23-14-10-9-13-21(22)23)41(35,36)20-11-7-6-8-12-20/h6-18,26H,5H2,1-4H3/t26-/m0/s1. The van der Waals surface area contributed by atoms with E-state index >= 15 is 0 Å². The Balaban J connectivity index is 1.79. The average Bonchev–Trinajstić information content (AvgIpc) is 3.61. The summed E-state index contributed by atoms with van der Waals surface area (Å²) >= 11 is 1.20. The van der Waals surface area contributed by atoms with Crippen LogP contribution in [-0.4, -0.2) is 59.7 Å². The van der Waals surface area contributed by atoms with E-state index in [1.54, 1.807) is 85.6 Å². The van der Waals surface area contributed by atoms with E-state index in [2.05, 4.69) is 10.2 Å². The highest BCUT2D eigenvalue weighted by Crippen LogP contribution is 2.39. The van der Waals surface area contributed by atoms with Gasteiger partial charge in [-0.05, 0) is 36.8 Å². The Hall–Kier alpha value is -4.29. The molecule has 0 aliphatic carbocycles. The first-order valence-electron chi connectivity index (χ1n) is 12.7. The Morgan fingerprint density at radius 3 is 2.37 bits per heavy atom. The number of thioether (sulfide) groups is 1. The lowest BCUT2D eigenvalue weighted by atomic mass is 10.1. The third-order valence-corrected chi connectivity index (χ3v) is 9.53. The number of fused-ring (bicyclic) bond motifs is 1. The molecule has 12 heteroatoms. The number of hydrogen-bond acceptors (Lipinski definition) is 9. The van der Waals surface area contributed by atoms with E-state index in [0.717, 1.165) is 0 Å². The molecule has 3 aromatic carbocycles. The SMILES string of the molecule is CC[C@H](Sc1nnc(-c2cn(S(=O)(=O)c3ccccc3)c3ccccc23)n1-c1cc(OC)ccc1OC)C(=O)OC. The van der Waals surface area contributed by atoms with Crippen molar-refractivity contribution in [2.75, 3.05) is 21.3 Å². The van der Waals surface area contributed by atoms with Gasteiger partial charge in [-0.2, -0.15) is 0 Å². The minimum absolute atomic E-state index is 0.156. The summed E-state index contributed by atoms with van der Waals surface area (Å²) < 4.78 is 46.7. The van der Waals surface area contributed by atoms with Crippen LogP contribution in [0.15, 0.2) is 89.0 Å². The third kappa shape index (κ3) is 5.16. The second-order valence-corrected chi connectivity index (χ2v) is 11.9. The molecule has 212 valence electrons. The van der Waals surface area contributed by atoms with Crippen molar-refractivity contribution in [2.45, 2.75) is 28.6 Å². The zero-order chi connectivity index (χ0) is 29.1. The highest BCUT2D eigenvalue weighted by molar-refractivity contribution is 8.00. The van der Waals surface area contributed by atoms with Crippen LogP contribution in [-0.2, 0) is 19.6 Å². The van der Waals surface area contributed by atoms with E-state index in [1.807, 2.05) is 19.1 Å². The monoisotopic (exact) mass is 592 g/mol. The molecule has 0 fully saturated rings. The van der Waals surface area contributed by atoms with Gasteiger partial charge in [0.2, 0.25) is 0 Å². The fourth-order valence-electron chi connectivity index (χ4n) is 4.50. The molecule has 0 saturated carbocycles. The van der Waals surface area contributed by atoms with E-state index in [1.165, 1.54) is 22.8 Å². The van der Waals surface area contributed by atoms with Gasteiger partial charge in [0, 0.05) is 23.2 Å². The number of esters is 1. The molecule has 0 aliphatic heterocycles. The normalized spacial score (nSPS) is 12.3. The average molecular weight is 593 g/mol. The molecule has 41 heavy (non-hydrogen) atoms. The summed E-state index contributed by atoms with van der Waals surface area (Å²) in [6, 6.07) is 20.7. The van der Waals surface area contributed by atoms with Crippen molar-refractivity contribution in [1.29, 1.82) is 0 Å². The minimum Gasteiger partial charge on any atom is -0.497 e. The van der Waals surface area contributed by atoms with Crippen LogP contribution in [0.25, 0.3) is 28.0 Å². The van der Waals surface area contributed by atoms with Crippen LogP contribution >= 0.6 is 11.8 Å². The molecule has 2 aromatic heterocycles. The van der Waals surface area contributed by atoms with Crippen molar-refractivity contribution in [3.63, 3.8) is 0 Å². The quantitative estimate of drug-likeness (QED) is 0.160. The maximum atomic E-state index is 13.8. The Labute approximate surface area is 241 Å². The minimum atomic E-state index is -3.94. The fraction of sp³-hybridized carbons (Fsp3) is 0.207. The zero-order valence-corrected chi connectivity index (χ0v) is 24.5. The van der Waals surface area contributed by atoms with Crippen molar-refractivity contribution in [2.24, 2.45) is 0 Å². The maximum absolute atomic E-state index is 13.8. The molecule has 0 aliphatic rings. The van der Waals surface area contributed by atoms with Crippen LogP contribution in [0.4, 0.5) is 0 Å². The summed E-state index contributed by atoms with van der Waals surface area (Å²) in [6.07, 6.45) is 2.04. The van der Waals surface area contributed by atoms with Crippen molar-refractivity contribution < 1.29 is 27.4 Å². The van der Waals surface area contributed by atoms with Crippen LogP contribution in [0.3, 0.4) is 0 Å². The molecule has 0 bridgehead atoms. The Morgan fingerprint density at radius 1 is 0.951 bits per heavy atom. The summed E-state index contributed by atoms with van der Waals surface area (Å²) in [5.74, 6) is 1.03. The van der Waals surface area contributed by atoms with Gasteiger partial charge >= 0.3 is 5.97 Å². The number of carbonyl (C=O) groups excluding carboxylic acids is 1. The summed E-state index contributed by atoms with van der Waals surface area (Å²) in [7, 11) is 0.507. The van der Waals surface area contributed by atoms with Gasteiger partial charge in [0.15, 0.2) is 11.0 Å². The molecule has 0 amide bonds. The van der Waals surface area contributed by atoms with Gasteiger partial charge in [0.05, 0.1) is 37.4 Å². The fourth-order valence-corrected chi connectivity index (χ4v) is 6.88. The summed E-state index contributed by atoms with van der Waals surface area (Å²) in [5.41, 5.74) is 1.56. The van der Waals surface area contributed by atoms with Crippen molar-refractivity contribution in [3.8, 4) is 28.6 Å². The van der Waals surface area contributed by atoms with Crippen LogP contribution in [0.1, 0.15) is 13.3 Å². The number of rotatable bonds is 10. The lowest BCUT2D eigenvalue weighted by molar-refractivity contribution is -0.140. The number of carbonyl (C=O) groups is 1. The molecule has 5 aromatic rings. The lowest BCUT2D eigenvalue weighted by Crippen LogP contribution is -2.18. The number of para-hydroxylation sites is 1. The van der Waals surface area contributed by atoms with Gasteiger partial charge in [-0.3, -0.25) is 9.36 Å². The van der Waals surface area contributed by atoms with E-state index in [0.29, 0.717) is 51.1 Å². The van der Waals surface area contributed by atoms with Crippen LogP contribution in [0.2, 0.25) is 0 Å². The van der Waals surface area contributed by atoms with Gasteiger partial charge < -0.3 is 14.2 Å². The smallest absolute Gasteiger partial charge is 0.319 e. The van der Waals surface area contributed by atoms with Crippen LogP contribution in [0, 0.1) is 0 Å². The number of methoxy groups -OCH3 is 3. The number of aromatic nitrogens is 4. The Bertz CT molecular complexity index is 1820. The van der Waals surface area contributed by atoms with E-state index < -0.39 is 21.2 Å². The predicted octanol–water partition coefficient (Wildman–Crippen LogP) is 5.19. The van der Waals surface area contributed by atoms with Gasteiger partial charge in [-0.1, -0.05) is 55.1 Å². The number of hydrogen-bond donors (Lipinski definition) is 0. The molecule has 2 heterocycles. The first-order valence-corrected chi connectivity index (χ1v) is 15.0. The van der Waals surface area contributed by atoms with E-state index in [-0.39, 0.29) is 4.90 Å². The molecule has 0 spiro atoms. The second kappa shape index (κ2) is 11.7. The van der Waals surface area contributed by atoms with E-state index in [4.69, 9.17) is 14.2 Å². The van der Waals surface area contributed by atoms with Gasteiger partial charge in [-0.15, -0.1) is 10.2 Å². The van der Waals surface area contributed by atoms with E-state index in [9.17, 15) is 13.2 Å². The lowest BCUT2D eigenvalue weighted by Gasteiger charge is -2.17. The van der Waals surface area contributed by atoms with Crippen molar-refractivity contribution >= 4 is 38.7 Å². The van der Waals surface area contributed by atoms with Crippen LogP contribution in [0.5, 0.6) is 11.5 Å². The molecule has 1 atom stereocenters. The number of nitrogens with zero attached hydrogens (tertiary/aromatic N) is 4. The van der Waals surface area contributed by atoms with Crippen molar-refractivity contribution in [1.82, 2.24) is 18.7 Å². The maximum Gasteiger partial charge on any atom is 0.319 e. The number of benzene rings is 3. The molecule has 0 unspecified atom stereocenters. The largest absolute Gasteiger partial charge is 0.497 e. The topological polar surface area (TPSA) is 115 Å². The van der Waals surface area contributed by atoms with Gasteiger partial charge in [0.1, 0.15) is 16.7 Å². The Kier molecular flexibility index (Phi) is 8.04. The summed E-state index contributed by atoms with van der Waals surface area (Å²) in [5, 5.41) is 9.47. The summed E-state index contributed by atoms with van der Waals surface area (Å²) in [6.45, 7) is 1.88. The van der Waals surface area contributed by atoms with Gasteiger partial charge in [0.25, 0.3) is 10.0 Å². The molecule has 10 nitrogen and oxygen atoms in total. The number of ether oxygens (including phenoxy) is 3. The predicted molar refractivity (Wildman–Crippen MR) is 156 cm³/mol. The highest BCUT2D eigenvalue weighted by Gasteiger charge is 2.29. The summed E-state index contributed by atoms with van der Waals surface area (Å²) in [4.78, 5) is 12.7. The Morgan fingerprint density at radius 2 is 1.68 bits per heavy atom. The first-order chi connectivity index (χ1) is 19.8. The molecule has 5 rings (SSSR count). The van der Waals surface area contributed by atoms with Crippen molar-refractivity contribution in [3.05, 3.63) is 79.0 Å². The first kappa shape index (κ1) is 28.2. The molecule has 0 N–H and O–H groups in total. The highest BCUT2D eigenvalue weighted by atomic mass is 32.2. The molecule has 0 saturated heterocycles. The second-order valence-electron chi connectivity index (χ2n) is 8.89. The molecular weight excluding hydrogens is 564 g/mol.